The molecule has 0 aliphatic rings. The fourth-order valence-electron chi connectivity index (χ4n) is 1.19. The van der Waals surface area contributed by atoms with Gasteiger partial charge in [0.25, 0.3) is 0 Å². The van der Waals surface area contributed by atoms with Crippen molar-refractivity contribution < 1.29 is 0 Å². The van der Waals surface area contributed by atoms with Gasteiger partial charge in [-0.15, -0.1) is 0 Å². The van der Waals surface area contributed by atoms with E-state index in [0.29, 0.717) is 10.1 Å². The van der Waals surface area contributed by atoms with Crippen LogP contribution in [0.3, 0.4) is 0 Å². The molecule has 0 atom stereocenters. The summed E-state index contributed by atoms with van der Waals surface area (Å²) in [6.45, 7) is 4.00. The smallest absolute Gasteiger partial charge is 0.187 e. The second-order valence-electron chi connectivity index (χ2n) is 3.94. The number of benzene rings is 1. The van der Waals surface area contributed by atoms with Gasteiger partial charge in [-0.3, -0.25) is 5.43 Å². The molecule has 0 fully saturated rings. The molecule has 1 aromatic carbocycles. The topological polar surface area (TPSA) is 36.4 Å². The number of nitrogens with zero attached hydrogens (tertiary/aromatic N) is 1. The first kappa shape index (κ1) is 14.7. The van der Waals surface area contributed by atoms with E-state index < -0.39 is 0 Å². The number of nitrogens with one attached hydrogen (secondary N) is 2. The fraction of sp³-hybridized carbons (Fsp3) is 0.231. The molecule has 18 heavy (non-hydrogen) atoms. The molecular formula is C13H16ClN3S. The molecule has 1 aromatic rings. The minimum atomic E-state index is 0.274. The molecule has 0 saturated heterocycles. The molecule has 0 bridgehead atoms. The van der Waals surface area contributed by atoms with Gasteiger partial charge in [-0.2, -0.15) is 5.10 Å². The van der Waals surface area contributed by atoms with Crippen LogP contribution in [-0.2, 0) is 0 Å². The normalized spacial score (nSPS) is 11.9. The molecule has 3 nitrogen and oxygen atoms in total. The van der Waals surface area contributed by atoms with Crippen molar-refractivity contribution in [3.05, 3.63) is 40.9 Å². The summed E-state index contributed by atoms with van der Waals surface area (Å²) >= 11 is 11.0. The van der Waals surface area contributed by atoms with Crippen LogP contribution in [0.25, 0.3) is 6.08 Å². The van der Waals surface area contributed by atoms with E-state index >= 15 is 0 Å². The van der Waals surface area contributed by atoms with Crippen LogP contribution in [0.2, 0.25) is 0 Å². The van der Waals surface area contributed by atoms with Gasteiger partial charge in [0.1, 0.15) is 0 Å². The fourth-order valence-corrected chi connectivity index (χ4v) is 1.66. The number of rotatable bonds is 4. The van der Waals surface area contributed by atoms with Crippen LogP contribution in [-0.4, -0.2) is 17.4 Å². The van der Waals surface area contributed by atoms with E-state index in [1.54, 1.807) is 0 Å². The number of hydrogen-bond donors (Lipinski definition) is 2. The lowest BCUT2D eigenvalue weighted by Gasteiger charge is -2.09. The van der Waals surface area contributed by atoms with Crippen LogP contribution >= 0.6 is 23.8 Å². The zero-order chi connectivity index (χ0) is 13.4. The monoisotopic (exact) mass is 281 g/mol. The predicted octanol–water partition coefficient (Wildman–Crippen LogP) is 3.12. The maximum Gasteiger partial charge on any atom is 0.187 e. The summed E-state index contributed by atoms with van der Waals surface area (Å²) < 4.78 is 0. The summed E-state index contributed by atoms with van der Waals surface area (Å²) in [5.74, 6) is 0. The third kappa shape index (κ3) is 6.37. The molecule has 0 unspecified atom stereocenters. The Morgan fingerprint density at radius 1 is 1.33 bits per heavy atom. The molecule has 0 amide bonds. The average molecular weight is 282 g/mol. The van der Waals surface area contributed by atoms with Gasteiger partial charge in [0.15, 0.2) is 5.11 Å². The standard InChI is InChI=1S/C13H16ClN3S/c1-10(2)16-13(18)17-15-9-12(14)8-11-6-4-3-5-7-11/h3-10H,1-2H3,(H2,16,17,18)/b12-8-,15-9+. The molecule has 0 spiro atoms. The molecule has 0 radical (unpaired) electrons. The van der Waals surface area contributed by atoms with Crippen molar-refractivity contribution in [3.63, 3.8) is 0 Å². The lowest BCUT2D eigenvalue weighted by atomic mass is 10.2. The minimum Gasteiger partial charge on any atom is -0.359 e. The Hall–Kier alpha value is -1.39. The lowest BCUT2D eigenvalue weighted by Crippen LogP contribution is -2.36. The van der Waals surface area contributed by atoms with Crippen LogP contribution in [0.4, 0.5) is 0 Å². The molecule has 0 aromatic heterocycles. The number of hydrazone groups is 1. The Kier molecular flexibility index (Phi) is 6.39. The Bertz CT molecular complexity index is 441. The first-order valence-electron chi connectivity index (χ1n) is 5.59. The summed E-state index contributed by atoms with van der Waals surface area (Å²) in [7, 11) is 0. The Labute approximate surface area is 118 Å². The number of thiocarbonyl (C=S) groups is 1. The highest BCUT2D eigenvalue weighted by Gasteiger charge is 1.95. The van der Waals surface area contributed by atoms with Crippen LogP contribution in [0.15, 0.2) is 40.5 Å². The molecule has 96 valence electrons. The predicted molar refractivity (Wildman–Crippen MR) is 82.8 cm³/mol. The zero-order valence-electron chi connectivity index (χ0n) is 10.4. The lowest BCUT2D eigenvalue weighted by molar-refractivity contribution is 0.720. The summed E-state index contributed by atoms with van der Waals surface area (Å²) in [6.07, 6.45) is 3.34. The number of allylic oxidation sites excluding steroid dienone is 1. The number of halogens is 1. The van der Waals surface area contributed by atoms with E-state index in [1.807, 2.05) is 50.3 Å². The highest BCUT2D eigenvalue weighted by atomic mass is 35.5. The van der Waals surface area contributed by atoms with E-state index in [0.717, 1.165) is 5.56 Å². The van der Waals surface area contributed by atoms with Crippen molar-refractivity contribution in [1.29, 1.82) is 0 Å². The Morgan fingerprint density at radius 3 is 2.61 bits per heavy atom. The highest BCUT2D eigenvalue weighted by Crippen LogP contribution is 2.07. The van der Waals surface area contributed by atoms with Crippen LogP contribution < -0.4 is 10.7 Å². The van der Waals surface area contributed by atoms with Gasteiger partial charge in [-0.05, 0) is 37.7 Å². The molecular weight excluding hydrogens is 266 g/mol. The second-order valence-corrected chi connectivity index (χ2v) is 4.78. The van der Waals surface area contributed by atoms with Crippen molar-refractivity contribution in [3.8, 4) is 0 Å². The molecule has 0 aliphatic carbocycles. The van der Waals surface area contributed by atoms with E-state index in [2.05, 4.69) is 15.8 Å². The summed E-state index contributed by atoms with van der Waals surface area (Å²) in [6, 6.07) is 10.1. The van der Waals surface area contributed by atoms with Crippen LogP contribution in [0.1, 0.15) is 19.4 Å². The van der Waals surface area contributed by atoms with E-state index in [9.17, 15) is 0 Å². The van der Waals surface area contributed by atoms with Crippen molar-refractivity contribution in [2.75, 3.05) is 0 Å². The molecule has 0 heterocycles. The zero-order valence-corrected chi connectivity index (χ0v) is 11.9. The van der Waals surface area contributed by atoms with Gasteiger partial charge < -0.3 is 5.32 Å². The summed E-state index contributed by atoms with van der Waals surface area (Å²) in [4.78, 5) is 0. The third-order valence-corrected chi connectivity index (χ3v) is 2.29. The number of hydrogen-bond acceptors (Lipinski definition) is 2. The SMILES string of the molecule is CC(C)NC(=S)N/N=C/C(Cl)=C/c1ccccc1. The van der Waals surface area contributed by atoms with Crippen molar-refractivity contribution >= 4 is 41.2 Å². The van der Waals surface area contributed by atoms with Crippen LogP contribution in [0.5, 0.6) is 0 Å². The van der Waals surface area contributed by atoms with Gasteiger partial charge in [0.2, 0.25) is 0 Å². The molecule has 2 N–H and O–H groups in total. The minimum absolute atomic E-state index is 0.274. The summed E-state index contributed by atoms with van der Waals surface area (Å²) in [5, 5.41) is 7.96. The van der Waals surface area contributed by atoms with Crippen molar-refractivity contribution in [2.45, 2.75) is 19.9 Å². The molecule has 1 rings (SSSR count). The van der Waals surface area contributed by atoms with Crippen molar-refractivity contribution in [1.82, 2.24) is 10.7 Å². The van der Waals surface area contributed by atoms with E-state index in [1.165, 1.54) is 6.21 Å². The largest absolute Gasteiger partial charge is 0.359 e. The van der Waals surface area contributed by atoms with Gasteiger partial charge in [-0.1, -0.05) is 41.9 Å². The first-order valence-corrected chi connectivity index (χ1v) is 6.38. The Balaban J connectivity index is 2.47. The second kappa shape index (κ2) is 7.84. The van der Waals surface area contributed by atoms with Crippen LogP contribution in [0, 0.1) is 0 Å². The Morgan fingerprint density at radius 2 is 2.00 bits per heavy atom. The van der Waals surface area contributed by atoms with Gasteiger partial charge in [0.05, 0.1) is 11.2 Å². The van der Waals surface area contributed by atoms with E-state index in [-0.39, 0.29) is 6.04 Å². The van der Waals surface area contributed by atoms with Crippen molar-refractivity contribution in [2.24, 2.45) is 5.10 Å². The molecule has 5 heteroatoms. The third-order valence-electron chi connectivity index (χ3n) is 1.88. The average Bonchev–Trinajstić information content (AvgIpc) is 2.29. The van der Waals surface area contributed by atoms with Gasteiger partial charge >= 0.3 is 0 Å². The first-order chi connectivity index (χ1) is 8.58. The quantitative estimate of drug-likeness (QED) is 0.506. The molecule has 0 saturated carbocycles. The summed E-state index contributed by atoms with van der Waals surface area (Å²) in [5.41, 5.74) is 3.72. The van der Waals surface area contributed by atoms with E-state index in [4.69, 9.17) is 23.8 Å². The molecule has 0 aliphatic heterocycles. The highest BCUT2D eigenvalue weighted by molar-refractivity contribution is 7.80. The maximum atomic E-state index is 6.01. The maximum absolute atomic E-state index is 6.01. The van der Waals surface area contributed by atoms with Gasteiger partial charge in [-0.25, -0.2) is 0 Å². The van der Waals surface area contributed by atoms with Gasteiger partial charge in [0, 0.05) is 6.04 Å².